The molecule has 0 rings (SSSR count). The molecular formula is C7H10F3NO2. The van der Waals surface area contributed by atoms with Crippen LogP contribution < -0.4 is 5.32 Å². The molecule has 0 saturated carbocycles. The van der Waals surface area contributed by atoms with Gasteiger partial charge in [0.2, 0.25) is 0 Å². The molecule has 0 unspecified atom stereocenters. The zero-order valence-electron chi connectivity index (χ0n) is 6.86. The highest BCUT2D eigenvalue weighted by molar-refractivity contribution is 5.81. The summed E-state index contributed by atoms with van der Waals surface area (Å²) in [6, 6.07) is 0. The lowest BCUT2D eigenvalue weighted by Gasteiger charge is -2.06. The number of nitrogens with one attached hydrogen (secondary N) is 1. The van der Waals surface area contributed by atoms with Crippen LogP contribution >= 0.6 is 0 Å². The van der Waals surface area contributed by atoms with Gasteiger partial charge in [-0.2, -0.15) is 13.2 Å². The van der Waals surface area contributed by atoms with Crippen molar-refractivity contribution in [3.63, 3.8) is 0 Å². The number of rotatable bonds is 5. The molecule has 0 aromatic carbocycles. The van der Waals surface area contributed by atoms with E-state index in [9.17, 15) is 22.8 Å². The molecule has 0 fully saturated rings. The quantitative estimate of drug-likeness (QED) is 0.528. The Labute approximate surface area is 73.3 Å². The van der Waals surface area contributed by atoms with Gasteiger partial charge in [0.1, 0.15) is 6.29 Å². The van der Waals surface area contributed by atoms with Crippen molar-refractivity contribution in [2.75, 3.05) is 6.54 Å². The first-order valence-corrected chi connectivity index (χ1v) is 3.77. The fourth-order valence-corrected chi connectivity index (χ4v) is 0.655. The van der Waals surface area contributed by atoms with Crippen LogP contribution in [0.2, 0.25) is 0 Å². The number of halogens is 3. The van der Waals surface area contributed by atoms with Gasteiger partial charge >= 0.3 is 12.1 Å². The molecule has 3 nitrogen and oxygen atoms in total. The van der Waals surface area contributed by atoms with Crippen LogP contribution in [0.3, 0.4) is 0 Å². The van der Waals surface area contributed by atoms with Crippen LogP contribution in [-0.4, -0.2) is 24.9 Å². The Hall–Kier alpha value is -1.07. The predicted octanol–water partition coefficient (Wildman–Crippen LogP) is 1.03. The SMILES string of the molecule is O=CCCCCNC(=O)C(F)(F)F. The van der Waals surface area contributed by atoms with E-state index in [2.05, 4.69) is 0 Å². The van der Waals surface area contributed by atoms with Crippen LogP contribution in [0.25, 0.3) is 0 Å². The molecule has 0 aromatic rings. The molecule has 0 spiro atoms. The summed E-state index contributed by atoms with van der Waals surface area (Å²) in [7, 11) is 0. The maximum atomic E-state index is 11.6. The zero-order valence-corrected chi connectivity index (χ0v) is 6.86. The third-order valence-electron chi connectivity index (χ3n) is 1.29. The summed E-state index contributed by atoms with van der Waals surface area (Å²) < 4.78 is 34.7. The topological polar surface area (TPSA) is 46.2 Å². The molecule has 6 heteroatoms. The largest absolute Gasteiger partial charge is 0.471 e. The predicted molar refractivity (Wildman–Crippen MR) is 39.0 cm³/mol. The summed E-state index contributed by atoms with van der Waals surface area (Å²) in [5.41, 5.74) is 0. The minimum Gasteiger partial charge on any atom is -0.348 e. The number of unbranched alkanes of at least 4 members (excludes halogenated alkanes) is 2. The van der Waals surface area contributed by atoms with Crippen molar-refractivity contribution in [3.05, 3.63) is 0 Å². The van der Waals surface area contributed by atoms with Crippen LogP contribution in [0.1, 0.15) is 19.3 Å². The van der Waals surface area contributed by atoms with Gasteiger partial charge in [0, 0.05) is 13.0 Å². The number of alkyl halides is 3. The molecule has 1 N–H and O–H groups in total. The Bertz CT molecular complexity index is 179. The highest BCUT2D eigenvalue weighted by atomic mass is 19.4. The van der Waals surface area contributed by atoms with Crippen LogP contribution in [0.5, 0.6) is 0 Å². The summed E-state index contributed by atoms with van der Waals surface area (Å²) >= 11 is 0. The lowest BCUT2D eigenvalue weighted by Crippen LogP contribution is -2.37. The van der Waals surface area contributed by atoms with Gasteiger partial charge in [0.05, 0.1) is 0 Å². The summed E-state index contributed by atoms with van der Waals surface area (Å²) in [6.07, 6.45) is -2.96. The van der Waals surface area contributed by atoms with Gasteiger partial charge in [0.25, 0.3) is 0 Å². The first-order chi connectivity index (χ1) is 5.98. The van der Waals surface area contributed by atoms with Gasteiger partial charge in [-0.15, -0.1) is 0 Å². The van der Waals surface area contributed by atoms with Gasteiger partial charge in [-0.05, 0) is 12.8 Å². The first-order valence-electron chi connectivity index (χ1n) is 3.77. The molecule has 0 bridgehead atoms. The highest BCUT2D eigenvalue weighted by Gasteiger charge is 2.37. The summed E-state index contributed by atoms with van der Waals surface area (Å²) in [5, 5.41) is 1.70. The third kappa shape index (κ3) is 6.12. The summed E-state index contributed by atoms with van der Waals surface area (Å²) in [6.45, 7) is -0.0494. The maximum Gasteiger partial charge on any atom is 0.471 e. The van der Waals surface area contributed by atoms with E-state index in [1.54, 1.807) is 5.32 Å². The Morgan fingerprint density at radius 3 is 2.38 bits per heavy atom. The Balaban J connectivity index is 3.43. The molecule has 0 aliphatic carbocycles. The van der Waals surface area contributed by atoms with Crippen LogP contribution in [0, 0.1) is 0 Å². The number of hydrogen-bond donors (Lipinski definition) is 1. The number of aldehydes is 1. The molecule has 0 atom stereocenters. The average molecular weight is 197 g/mol. The van der Waals surface area contributed by atoms with Crippen molar-refractivity contribution in [2.45, 2.75) is 25.4 Å². The van der Waals surface area contributed by atoms with Crippen molar-refractivity contribution in [1.29, 1.82) is 0 Å². The van der Waals surface area contributed by atoms with E-state index in [4.69, 9.17) is 0 Å². The number of carbonyl (C=O) groups excluding carboxylic acids is 2. The smallest absolute Gasteiger partial charge is 0.348 e. The normalized spacial score (nSPS) is 11.0. The van der Waals surface area contributed by atoms with Crippen molar-refractivity contribution in [1.82, 2.24) is 5.32 Å². The molecule has 0 saturated heterocycles. The Morgan fingerprint density at radius 1 is 1.31 bits per heavy atom. The zero-order chi connectivity index (χ0) is 10.3. The molecular weight excluding hydrogens is 187 g/mol. The molecule has 13 heavy (non-hydrogen) atoms. The minimum absolute atomic E-state index is 0.0494. The van der Waals surface area contributed by atoms with Crippen molar-refractivity contribution in [2.24, 2.45) is 0 Å². The van der Waals surface area contributed by atoms with E-state index in [0.29, 0.717) is 25.5 Å². The number of carbonyl (C=O) groups is 2. The Morgan fingerprint density at radius 2 is 1.92 bits per heavy atom. The molecule has 1 amide bonds. The molecule has 0 aromatic heterocycles. The van der Waals surface area contributed by atoms with Gasteiger partial charge < -0.3 is 10.1 Å². The fraction of sp³-hybridized carbons (Fsp3) is 0.714. The molecule has 0 aliphatic heterocycles. The standard InChI is InChI=1S/C7H10F3NO2/c8-7(9,10)6(13)11-4-2-1-3-5-12/h5H,1-4H2,(H,11,13). The number of amides is 1. The Kier molecular flexibility index (Phi) is 5.10. The van der Waals surface area contributed by atoms with E-state index in [1.807, 2.05) is 0 Å². The van der Waals surface area contributed by atoms with E-state index in [1.165, 1.54) is 0 Å². The van der Waals surface area contributed by atoms with Crippen molar-refractivity contribution in [3.8, 4) is 0 Å². The van der Waals surface area contributed by atoms with Crippen molar-refractivity contribution >= 4 is 12.2 Å². The lowest BCUT2D eigenvalue weighted by molar-refractivity contribution is -0.173. The second kappa shape index (κ2) is 5.55. The van der Waals surface area contributed by atoms with Crippen LogP contribution in [0.4, 0.5) is 13.2 Å². The highest BCUT2D eigenvalue weighted by Crippen LogP contribution is 2.13. The molecule has 0 aliphatic rings. The molecule has 76 valence electrons. The lowest BCUT2D eigenvalue weighted by atomic mass is 10.2. The molecule has 0 heterocycles. The number of hydrogen-bond acceptors (Lipinski definition) is 2. The summed E-state index contributed by atoms with van der Waals surface area (Å²) in [4.78, 5) is 20.0. The maximum absolute atomic E-state index is 11.6. The first kappa shape index (κ1) is 11.9. The summed E-state index contributed by atoms with van der Waals surface area (Å²) in [5.74, 6) is -1.93. The molecule has 0 radical (unpaired) electrons. The van der Waals surface area contributed by atoms with Gasteiger partial charge in [-0.25, -0.2) is 0 Å². The van der Waals surface area contributed by atoms with Gasteiger partial charge in [-0.1, -0.05) is 0 Å². The van der Waals surface area contributed by atoms with E-state index >= 15 is 0 Å². The fourth-order valence-electron chi connectivity index (χ4n) is 0.655. The van der Waals surface area contributed by atoms with E-state index in [-0.39, 0.29) is 6.54 Å². The minimum atomic E-state index is -4.81. The second-order valence-corrected chi connectivity index (χ2v) is 2.42. The van der Waals surface area contributed by atoms with E-state index in [0.717, 1.165) is 0 Å². The average Bonchev–Trinajstić information content (AvgIpc) is 2.02. The van der Waals surface area contributed by atoms with Gasteiger partial charge in [-0.3, -0.25) is 4.79 Å². The van der Waals surface area contributed by atoms with Crippen molar-refractivity contribution < 1.29 is 22.8 Å². The third-order valence-corrected chi connectivity index (χ3v) is 1.29. The van der Waals surface area contributed by atoms with E-state index < -0.39 is 12.1 Å². The monoisotopic (exact) mass is 197 g/mol. The second-order valence-electron chi connectivity index (χ2n) is 2.42. The van der Waals surface area contributed by atoms with Crippen LogP contribution in [0.15, 0.2) is 0 Å². The van der Waals surface area contributed by atoms with Crippen LogP contribution in [-0.2, 0) is 9.59 Å². The van der Waals surface area contributed by atoms with Gasteiger partial charge in [0.15, 0.2) is 0 Å².